The molecule has 41 heavy (non-hydrogen) atoms. The van der Waals surface area contributed by atoms with Crippen molar-refractivity contribution in [2.75, 3.05) is 6.61 Å². The smallest absolute Gasteiger partial charge is 0.338 e. The van der Waals surface area contributed by atoms with E-state index < -0.39 is 77.1 Å². The maximum Gasteiger partial charge on any atom is 0.338 e. The van der Waals surface area contributed by atoms with Gasteiger partial charge in [-0.25, -0.2) is 4.79 Å². The largest absolute Gasteiger partial charge is 0.508 e. The monoisotopic (exact) mass is 570 g/mol. The van der Waals surface area contributed by atoms with Crippen molar-refractivity contribution in [1.82, 2.24) is 0 Å². The van der Waals surface area contributed by atoms with E-state index in [2.05, 4.69) is 0 Å². The Morgan fingerprint density at radius 1 is 0.829 bits per heavy atom. The standard InChI is InChI=1S/C27H22O14/c28-12-3-1-10(2-4-12)24-25(22(35)19-14(30)7-13(29)8-17(19)39-24)41-27-23(36)21(34)18(40-27)9-38-26(37)11-5-15(31)20(33)16(32)6-11/h1-8,18,21,23,27-34,36H,9H2/t18-,21-,23+,27-/m0/s1. The molecule has 0 radical (unpaired) electrons. The average Bonchev–Trinajstić information content (AvgIpc) is 3.19. The van der Waals surface area contributed by atoms with E-state index in [-0.39, 0.29) is 33.6 Å². The molecule has 14 heteroatoms. The number of rotatable bonds is 6. The van der Waals surface area contributed by atoms with Gasteiger partial charge in [0.2, 0.25) is 17.5 Å². The molecule has 0 spiro atoms. The van der Waals surface area contributed by atoms with Gasteiger partial charge in [-0.05, 0) is 36.4 Å². The second kappa shape index (κ2) is 10.4. The van der Waals surface area contributed by atoms with E-state index in [1.807, 2.05) is 0 Å². The number of carbonyl (C=O) groups is 1. The van der Waals surface area contributed by atoms with Crippen LogP contribution < -0.4 is 10.2 Å². The molecule has 1 fully saturated rings. The number of hydrogen-bond acceptors (Lipinski definition) is 14. The molecule has 0 aliphatic carbocycles. The summed E-state index contributed by atoms with van der Waals surface area (Å²) in [4.78, 5) is 25.8. The van der Waals surface area contributed by atoms with Crippen LogP contribution in [-0.2, 0) is 9.47 Å². The van der Waals surface area contributed by atoms with Crippen molar-refractivity contribution < 1.29 is 64.3 Å². The van der Waals surface area contributed by atoms with Crippen molar-refractivity contribution in [1.29, 1.82) is 0 Å². The molecule has 4 aromatic rings. The molecule has 5 rings (SSSR count). The lowest BCUT2D eigenvalue weighted by molar-refractivity contribution is -0.118. The van der Waals surface area contributed by atoms with Crippen LogP contribution in [-0.4, -0.2) is 78.0 Å². The molecule has 2 heterocycles. The van der Waals surface area contributed by atoms with E-state index in [1.54, 1.807) is 0 Å². The molecule has 0 bridgehead atoms. The zero-order chi connectivity index (χ0) is 29.6. The number of phenolic OH excluding ortho intramolecular Hbond substituents is 6. The third-order valence-electron chi connectivity index (χ3n) is 6.28. The summed E-state index contributed by atoms with van der Waals surface area (Å²) in [5, 5.41) is 79.1. The van der Waals surface area contributed by atoms with Crippen LogP contribution in [0.25, 0.3) is 22.3 Å². The van der Waals surface area contributed by atoms with E-state index >= 15 is 0 Å². The van der Waals surface area contributed by atoms with Crippen LogP contribution in [0.15, 0.2) is 57.7 Å². The van der Waals surface area contributed by atoms with Crippen LogP contribution in [0.1, 0.15) is 10.4 Å². The summed E-state index contributed by atoms with van der Waals surface area (Å²) in [5.41, 5.74) is -1.23. The number of hydrogen-bond donors (Lipinski definition) is 8. The van der Waals surface area contributed by atoms with Gasteiger partial charge >= 0.3 is 5.97 Å². The Labute approximate surface area is 228 Å². The predicted octanol–water partition coefficient (Wildman–Crippen LogP) is 1.38. The maximum absolute atomic E-state index is 13.4. The summed E-state index contributed by atoms with van der Waals surface area (Å²) in [6, 6.07) is 9.04. The molecule has 4 atom stereocenters. The average molecular weight is 570 g/mol. The summed E-state index contributed by atoms with van der Waals surface area (Å²) >= 11 is 0. The van der Waals surface area contributed by atoms with Gasteiger partial charge in [0.05, 0.1) is 5.56 Å². The van der Waals surface area contributed by atoms with Crippen molar-refractivity contribution in [3.63, 3.8) is 0 Å². The first-order valence-corrected chi connectivity index (χ1v) is 11.9. The molecule has 3 aromatic carbocycles. The maximum atomic E-state index is 13.4. The highest BCUT2D eigenvalue weighted by Gasteiger charge is 2.45. The van der Waals surface area contributed by atoms with Crippen LogP contribution in [0, 0.1) is 0 Å². The fourth-order valence-corrected chi connectivity index (χ4v) is 4.21. The van der Waals surface area contributed by atoms with Gasteiger partial charge in [-0.15, -0.1) is 0 Å². The molecule has 1 aromatic heterocycles. The summed E-state index contributed by atoms with van der Waals surface area (Å²) in [6.07, 6.45) is -6.51. The third kappa shape index (κ3) is 5.09. The minimum atomic E-state index is -1.77. The van der Waals surface area contributed by atoms with Crippen molar-refractivity contribution >= 4 is 16.9 Å². The second-order valence-corrected chi connectivity index (χ2v) is 9.08. The molecule has 0 amide bonds. The van der Waals surface area contributed by atoms with Crippen LogP contribution in [0.2, 0.25) is 0 Å². The van der Waals surface area contributed by atoms with Crippen molar-refractivity contribution in [2.24, 2.45) is 0 Å². The number of aliphatic hydroxyl groups is 2. The zero-order valence-corrected chi connectivity index (χ0v) is 20.7. The first kappa shape index (κ1) is 27.4. The fraction of sp³-hybridized carbons (Fsp3) is 0.185. The molecule has 8 N–H and O–H groups in total. The number of aromatic hydroxyl groups is 6. The number of fused-ring (bicyclic) bond motifs is 1. The molecular formula is C27H22O14. The molecule has 1 saturated heterocycles. The van der Waals surface area contributed by atoms with Gasteiger partial charge in [-0.2, -0.15) is 0 Å². The van der Waals surface area contributed by atoms with E-state index in [0.717, 1.165) is 24.3 Å². The van der Waals surface area contributed by atoms with E-state index in [4.69, 9.17) is 18.6 Å². The normalized spacial score (nSPS) is 20.2. The van der Waals surface area contributed by atoms with Crippen LogP contribution in [0.4, 0.5) is 0 Å². The Balaban J connectivity index is 1.42. The molecule has 1 aliphatic heterocycles. The molecule has 14 nitrogen and oxygen atoms in total. The quantitative estimate of drug-likeness (QED) is 0.121. The minimum Gasteiger partial charge on any atom is -0.508 e. The highest BCUT2D eigenvalue weighted by molar-refractivity contribution is 5.91. The summed E-state index contributed by atoms with van der Waals surface area (Å²) in [7, 11) is 0. The highest BCUT2D eigenvalue weighted by Crippen LogP contribution is 2.38. The first-order valence-electron chi connectivity index (χ1n) is 11.9. The summed E-state index contributed by atoms with van der Waals surface area (Å²) < 4.78 is 22.0. The number of benzene rings is 3. The lowest BCUT2D eigenvalue weighted by Gasteiger charge is -2.19. The van der Waals surface area contributed by atoms with Gasteiger partial charge in [0, 0.05) is 17.7 Å². The topological polar surface area (TPSA) is 237 Å². The van der Waals surface area contributed by atoms with Crippen molar-refractivity contribution in [2.45, 2.75) is 24.6 Å². The Kier molecular flexibility index (Phi) is 6.96. The van der Waals surface area contributed by atoms with Crippen LogP contribution >= 0.6 is 0 Å². The number of aliphatic hydroxyl groups excluding tert-OH is 2. The number of esters is 1. The Bertz CT molecular complexity index is 1670. The highest BCUT2D eigenvalue weighted by atomic mass is 16.7. The van der Waals surface area contributed by atoms with Gasteiger partial charge < -0.3 is 59.5 Å². The Morgan fingerprint density at radius 3 is 2.15 bits per heavy atom. The van der Waals surface area contributed by atoms with E-state index in [0.29, 0.717) is 0 Å². The Hall–Kier alpha value is -5.18. The second-order valence-electron chi connectivity index (χ2n) is 9.08. The minimum absolute atomic E-state index is 0.0950. The van der Waals surface area contributed by atoms with Crippen LogP contribution in [0.5, 0.6) is 40.2 Å². The summed E-state index contributed by atoms with van der Waals surface area (Å²) in [5.74, 6) is -5.36. The first-order chi connectivity index (χ1) is 19.4. The van der Waals surface area contributed by atoms with Gasteiger partial charge in [-0.1, -0.05) is 0 Å². The van der Waals surface area contributed by atoms with Gasteiger partial charge in [0.25, 0.3) is 0 Å². The number of ether oxygens (including phenoxy) is 3. The molecule has 0 unspecified atom stereocenters. The SMILES string of the molecule is O=C(OC[C@@H]1O[C@@H](Oc2c(-c3ccc(O)cc3)oc3cc(O)cc(O)c3c2=O)[C@H](O)[C@H]1O)c1cc(O)c(O)c(O)c1. The lowest BCUT2D eigenvalue weighted by Crippen LogP contribution is -2.36. The van der Waals surface area contributed by atoms with Gasteiger partial charge in [-0.3, -0.25) is 4.79 Å². The molecule has 0 saturated carbocycles. The third-order valence-corrected chi connectivity index (χ3v) is 6.28. The lowest BCUT2D eigenvalue weighted by atomic mass is 10.1. The zero-order valence-electron chi connectivity index (χ0n) is 20.7. The Morgan fingerprint density at radius 2 is 1.49 bits per heavy atom. The number of carbonyl (C=O) groups excluding carboxylic acids is 1. The molecular weight excluding hydrogens is 548 g/mol. The van der Waals surface area contributed by atoms with Gasteiger partial charge in [0.15, 0.2) is 23.0 Å². The fourth-order valence-electron chi connectivity index (χ4n) is 4.21. The van der Waals surface area contributed by atoms with E-state index in [1.165, 1.54) is 24.3 Å². The predicted molar refractivity (Wildman–Crippen MR) is 136 cm³/mol. The van der Waals surface area contributed by atoms with Crippen LogP contribution in [0.3, 0.4) is 0 Å². The number of phenols is 6. The van der Waals surface area contributed by atoms with E-state index in [9.17, 15) is 50.4 Å². The summed E-state index contributed by atoms with van der Waals surface area (Å²) in [6.45, 7) is -0.642. The van der Waals surface area contributed by atoms with Crippen molar-refractivity contribution in [3.05, 3.63) is 64.3 Å². The molecule has 214 valence electrons. The van der Waals surface area contributed by atoms with Gasteiger partial charge in [0.1, 0.15) is 53.1 Å². The van der Waals surface area contributed by atoms with Crippen molar-refractivity contribution in [3.8, 4) is 51.6 Å². The molecule has 1 aliphatic rings.